The molecular formula is C18H21FN4O4S. The van der Waals surface area contributed by atoms with Gasteiger partial charge in [-0.1, -0.05) is 0 Å². The van der Waals surface area contributed by atoms with Gasteiger partial charge in [-0.3, -0.25) is 9.59 Å². The molecular weight excluding hydrogens is 387 g/mol. The first kappa shape index (κ1) is 20.2. The molecule has 8 nitrogen and oxygen atoms in total. The van der Waals surface area contributed by atoms with Gasteiger partial charge in [-0.05, 0) is 24.3 Å². The molecule has 28 heavy (non-hydrogen) atoms. The maximum absolute atomic E-state index is 12.9. The van der Waals surface area contributed by atoms with Crippen LogP contribution in [0, 0.1) is 5.82 Å². The van der Waals surface area contributed by atoms with E-state index in [2.05, 4.69) is 15.7 Å². The first-order chi connectivity index (χ1) is 13.6. The summed E-state index contributed by atoms with van der Waals surface area (Å²) in [4.78, 5) is 24.4. The lowest BCUT2D eigenvalue weighted by molar-refractivity contribution is -0.122. The Labute approximate surface area is 165 Å². The van der Waals surface area contributed by atoms with Crippen molar-refractivity contribution in [3.63, 3.8) is 0 Å². The Morgan fingerprint density at radius 1 is 1.25 bits per heavy atom. The first-order valence-corrected chi connectivity index (χ1v) is 9.82. The van der Waals surface area contributed by atoms with Crippen molar-refractivity contribution in [2.45, 2.75) is 18.1 Å². The highest BCUT2D eigenvalue weighted by Gasteiger charge is 2.25. The molecule has 0 bridgehead atoms. The van der Waals surface area contributed by atoms with Crippen LogP contribution in [0.2, 0.25) is 0 Å². The fourth-order valence-electron chi connectivity index (χ4n) is 2.65. The quantitative estimate of drug-likeness (QED) is 0.612. The highest BCUT2D eigenvalue weighted by Crippen LogP contribution is 2.34. The Balaban J connectivity index is 1.62. The molecule has 0 fully saturated rings. The third-order valence-electron chi connectivity index (χ3n) is 3.98. The van der Waals surface area contributed by atoms with Crippen LogP contribution in [0.15, 0.2) is 24.3 Å². The van der Waals surface area contributed by atoms with Gasteiger partial charge in [0.25, 0.3) is 5.91 Å². The zero-order chi connectivity index (χ0) is 19.9. The van der Waals surface area contributed by atoms with Gasteiger partial charge in [-0.2, -0.15) is 16.9 Å². The van der Waals surface area contributed by atoms with Gasteiger partial charge < -0.3 is 20.1 Å². The van der Waals surface area contributed by atoms with Crippen LogP contribution in [-0.4, -0.2) is 48.5 Å². The number of hydrogen-bond acceptors (Lipinski definition) is 6. The summed E-state index contributed by atoms with van der Waals surface area (Å²) in [5.74, 6) is 1.38. The number of hydrogen-bond donors (Lipinski definition) is 2. The molecule has 1 aliphatic rings. The molecule has 0 unspecified atom stereocenters. The van der Waals surface area contributed by atoms with Crippen molar-refractivity contribution < 1.29 is 23.5 Å². The van der Waals surface area contributed by atoms with E-state index in [4.69, 9.17) is 9.47 Å². The highest BCUT2D eigenvalue weighted by molar-refractivity contribution is 7.98. The number of nitrogens with zero attached hydrogens (tertiary/aromatic N) is 2. The summed E-state index contributed by atoms with van der Waals surface area (Å²) in [6.45, 7) is 0.580. The van der Waals surface area contributed by atoms with E-state index >= 15 is 0 Å². The molecule has 0 atom stereocenters. The normalized spacial score (nSPS) is 12.5. The van der Waals surface area contributed by atoms with Crippen LogP contribution in [0.25, 0.3) is 0 Å². The van der Waals surface area contributed by atoms with Crippen LogP contribution in [0.1, 0.15) is 11.3 Å². The van der Waals surface area contributed by atoms with Crippen LogP contribution in [0.3, 0.4) is 0 Å². The van der Waals surface area contributed by atoms with Gasteiger partial charge in [-0.25, -0.2) is 9.07 Å². The zero-order valence-corrected chi connectivity index (χ0v) is 16.2. The zero-order valence-electron chi connectivity index (χ0n) is 15.4. The predicted molar refractivity (Wildman–Crippen MR) is 103 cm³/mol. The second-order valence-corrected chi connectivity index (χ2v) is 7.04. The fraction of sp³-hybridized carbons (Fsp3) is 0.389. The monoisotopic (exact) mass is 408 g/mol. The lowest BCUT2D eigenvalue weighted by Gasteiger charge is -2.12. The van der Waals surface area contributed by atoms with E-state index in [-0.39, 0.29) is 30.8 Å². The number of benzene rings is 1. The van der Waals surface area contributed by atoms with E-state index in [0.29, 0.717) is 24.7 Å². The molecule has 0 saturated carbocycles. The molecule has 0 aliphatic carbocycles. The molecule has 3 rings (SSSR count). The summed E-state index contributed by atoms with van der Waals surface area (Å²) >= 11 is 1.70. The Hall–Kier alpha value is -2.59. The molecule has 2 amide bonds. The van der Waals surface area contributed by atoms with E-state index in [9.17, 15) is 14.0 Å². The van der Waals surface area contributed by atoms with Crippen LogP contribution in [0.5, 0.6) is 5.75 Å². The summed E-state index contributed by atoms with van der Waals surface area (Å²) in [5.41, 5.74) is 1.79. The average molecular weight is 408 g/mol. The Kier molecular flexibility index (Phi) is 6.88. The van der Waals surface area contributed by atoms with E-state index < -0.39 is 0 Å². The second kappa shape index (κ2) is 9.56. The minimum Gasteiger partial charge on any atom is -0.484 e. The van der Waals surface area contributed by atoms with Crippen molar-refractivity contribution in [2.24, 2.45) is 0 Å². The number of methoxy groups -OCH3 is 1. The van der Waals surface area contributed by atoms with Crippen molar-refractivity contribution in [3.8, 4) is 5.75 Å². The van der Waals surface area contributed by atoms with E-state index in [1.165, 1.54) is 28.9 Å². The van der Waals surface area contributed by atoms with E-state index in [1.807, 2.05) is 0 Å². The van der Waals surface area contributed by atoms with E-state index in [1.54, 1.807) is 18.9 Å². The number of fused-ring (bicyclic) bond motifs is 1. The topological polar surface area (TPSA) is 94.5 Å². The molecule has 0 spiro atoms. The number of carbonyl (C=O) groups excluding carboxylic acids is 2. The lowest BCUT2D eigenvalue weighted by Crippen LogP contribution is -2.31. The van der Waals surface area contributed by atoms with Crippen molar-refractivity contribution in [1.82, 2.24) is 15.1 Å². The minimum absolute atomic E-state index is 0.00415. The SMILES string of the molecule is COCCNC(=O)Cn1nc2c(c1NC(=O)COc1ccc(F)cc1)CSC2. The van der Waals surface area contributed by atoms with Crippen LogP contribution >= 0.6 is 11.8 Å². The molecule has 1 aliphatic heterocycles. The third kappa shape index (κ3) is 5.23. The molecule has 1 aromatic heterocycles. The summed E-state index contributed by atoms with van der Waals surface area (Å²) in [7, 11) is 1.56. The van der Waals surface area contributed by atoms with Crippen molar-refractivity contribution >= 4 is 29.4 Å². The number of halogens is 1. The number of nitrogens with one attached hydrogen (secondary N) is 2. The first-order valence-electron chi connectivity index (χ1n) is 8.67. The van der Waals surface area contributed by atoms with Crippen molar-refractivity contribution in [1.29, 1.82) is 0 Å². The molecule has 0 radical (unpaired) electrons. The molecule has 2 aromatic rings. The number of carbonyl (C=O) groups is 2. The Morgan fingerprint density at radius 3 is 2.79 bits per heavy atom. The molecule has 10 heteroatoms. The average Bonchev–Trinajstić information content (AvgIpc) is 3.24. The number of ether oxygens (including phenoxy) is 2. The summed E-state index contributed by atoms with van der Waals surface area (Å²) in [6, 6.07) is 5.42. The number of rotatable bonds is 9. The highest BCUT2D eigenvalue weighted by atomic mass is 32.2. The number of thioether (sulfide) groups is 1. The number of amides is 2. The summed E-state index contributed by atoms with van der Waals surface area (Å²) in [5, 5.41) is 9.97. The second-order valence-electron chi connectivity index (χ2n) is 6.06. The molecule has 2 N–H and O–H groups in total. The van der Waals surface area contributed by atoms with Gasteiger partial charge in [0, 0.05) is 30.7 Å². The van der Waals surface area contributed by atoms with Crippen molar-refractivity contribution in [2.75, 3.05) is 32.2 Å². The van der Waals surface area contributed by atoms with Gasteiger partial charge in [-0.15, -0.1) is 0 Å². The van der Waals surface area contributed by atoms with E-state index in [0.717, 1.165) is 22.8 Å². The lowest BCUT2D eigenvalue weighted by atomic mass is 10.3. The Bertz CT molecular complexity index is 841. The molecule has 1 aromatic carbocycles. The third-order valence-corrected chi connectivity index (χ3v) is 4.95. The van der Waals surface area contributed by atoms with Gasteiger partial charge in [0.1, 0.15) is 23.9 Å². The van der Waals surface area contributed by atoms with Crippen LogP contribution in [0.4, 0.5) is 10.2 Å². The smallest absolute Gasteiger partial charge is 0.263 e. The molecule has 150 valence electrons. The minimum atomic E-state index is -0.384. The standard InChI is InChI=1S/C18H21FN4O4S/c1-26-7-6-20-16(24)8-23-18(14-10-28-11-15(14)22-23)21-17(25)9-27-13-4-2-12(19)3-5-13/h2-5H,6-11H2,1H3,(H,20,24)(H,21,25). The van der Waals surface area contributed by atoms with Crippen molar-refractivity contribution in [3.05, 3.63) is 41.3 Å². The molecule has 2 heterocycles. The molecule has 0 saturated heterocycles. The summed E-state index contributed by atoms with van der Waals surface area (Å²) in [6.07, 6.45) is 0. The van der Waals surface area contributed by atoms with Gasteiger partial charge in [0.15, 0.2) is 6.61 Å². The summed E-state index contributed by atoms with van der Waals surface area (Å²) < 4.78 is 24.7. The predicted octanol–water partition coefficient (Wildman–Crippen LogP) is 1.55. The van der Waals surface area contributed by atoms with Gasteiger partial charge >= 0.3 is 0 Å². The van der Waals surface area contributed by atoms with Gasteiger partial charge in [0.2, 0.25) is 5.91 Å². The maximum Gasteiger partial charge on any atom is 0.263 e. The maximum atomic E-state index is 12.9. The van der Waals surface area contributed by atoms with Gasteiger partial charge in [0.05, 0.1) is 12.3 Å². The van der Waals surface area contributed by atoms with Crippen LogP contribution < -0.4 is 15.4 Å². The van der Waals surface area contributed by atoms with Crippen LogP contribution in [-0.2, 0) is 32.4 Å². The number of aromatic nitrogens is 2. The fourth-order valence-corrected chi connectivity index (χ4v) is 3.69. The largest absolute Gasteiger partial charge is 0.484 e. The Morgan fingerprint density at radius 2 is 2.04 bits per heavy atom. The number of anilines is 1.